The van der Waals surface area contributed by atoms with Gasteiger partial charge in [0.15, 0.2) is 5.82 Å². The van der Waals surface area contributed by atoms with Crippen LogP contribution in [-0.2, 0) is 4.79 Å². The number of rotatable bonds is 4. The molecular formula is C10H16N4OS. The molecule has 1 aromatic heterocycles. The number of carbonyl (C=O) groups excluding carboxylic acids is 1. The van der Waals surface area contributed by atoms with Crippen LogP contribution < -0.4 is 11.1 Å². The second-order valence-electron chi connectivity index (χ2n) is 3.86. The van der Waals surface area contributed by atoms with E-state index in [1.165, 1.54) is 0 Å². The molecule has 88 valence electrons. The molecule has 1 rings (SSSR count). The topological polar surface area (TPSA) is 72.9 Å². The third-order valence-electron chi connectivity index (χ3n) is 2.12. The molecule has 1 heterocycles. The molecule has 0 bridgehead atoms. The third-order valence-corrected chi connectivity index (χ3v) is 2.30. The third kappa shape index (κ3) is 2.79. The lowest BCUT2D eigenvalue weighted by Crippen LogP contribution is -2.36. The molecule has 0 spiro atoms. The molecule has 0 radical (unpaired) electrons. The van der Waals surface area contributed by atoms with Crippen molar-refractivity contribution in [2.45, 2.75) is 32.9 Å². The lowest BCUT2D eigenvalue weighted by atomic mass is 10.2. The fourth-order valence-electron chi connectivity index (χ4n) is 1.35. The van der Waals surface area contributed by atoms with Crippen molar-refractivity contribution in [3.05, 3.63) is 18.2 Å². The Morgan fingerprint density at radius 1 is 1.56 bits per heavy atom. The highest BCUT2D eigenvalue weighted by atomic mass is 32.1. The maximum Gasteiger partial charge on any atom is 0.243 e. The second kappa shape index (κ2) is 5.07. The molecule has 5 nitrogen and oxygen atoms in total. The van der Waals surface area contributed by atoms with Crippen LogP contribution in [0.5, 0.6) is 0 Å². The highest BCUT2D eigenvalue weighted by Crippen LogP contribution is 2.09. The van der Waals surface area contributed by atoms with Crippen LogP contribution in [-0.4, -0.2) is 26.5 Å². The second-order valence-corrected chi connectivity index (χ2v) is 4.30. The molecular weight excluding hydrogens is 224 g/mol. The van der Waals surface area contributed by atoms with Crippen LogP contribution in [0.15, 0.2) is 12.4 Å². The number of amides is 1. The smallest absolute Gasteiger partial charge is 0.243 e. The monoisotopic (exact) mass is 240 g/mol. The first-order valence-corrected chi connectivity index (χ1v) is 5.47. The van der Waals surface area contributed by atoms with Crippen molar-refractivity contribution < 1.29 is 4.79 Å². The number of thiocarbonyl (C=S) groups is 1. The average Bonchev–Trinajstić information content (AvgIpc) is 2.63. The quantitative estimate of drug-likeness (QED) is 0.756. The van der Waals surface area contributed by atoms with Crippen molar-refractivity contribution in [3.63, 3.8) is 0 Å². The average molecular weight is 240 g/mol. The van der Waals surface area contributed by atoms with Gasteiger partial charge in [0, 0.05) is 18.4 Å². The van der Waals surface area contributed by atoms with Gasteiger partial charge in [-0.05, 0) is 20.8 Å². The number of aromatic nitrogens is 2. The van der Waals surface area contributed by atoms with E-state index in [0.717, 1.165) is 0 Å². The highest BCUT2D eigenvalue weighted by Gasteiger charge is 2.18. The van der Waals surface area contributed by atoms with Crippen LogP contribution in [0.4, 0.5) is 0 Å². The van der Waals surface area contributed by atoms with Crippen molar-refractivity contribution in [2.24, 2.45) is 5.73 Å². The zero-order valence-corrected chi connectivity index (χ0v) is 10.4. The van der Waals surface area contributed by atoms with E-state index in [-0.39, 0.29) is 23.0 Å². The van der Waals surface area contributed by atoms with Gasteiger partial charge in [0.05, 0.1) is 0 Å². The summed E-state index contributed by atoms with van der Waals surface area (Å²) in [5.74, 6) is 0.381. The number of nitrogens with zero attached hydrogens (tertiary/aromatic N) is 2. The first-order valence-electron chi connectivity index (χ1n) is 5.06. The molecule has 3 N–H and O–H groups in total. The zero-order valence-electron chi connectivity index (χ0n) is 9.60. The number of hydrogen-bond acceptors (Lipinski definition) is 3. The Kier molecular flexibility index (Phi) is 4.00. The Morgan fingerprint density at radius 3 is 2.69 bits per heavy atom. The Morgan fingerprint density at radius 2 is 2.19 bits per heavy atom. The molecule has 0 saturated carbocycles. The normalized spacial score (nSPS) is 12.5. The summed E-state index contributed by atoms with van der Waals surface area (Å²) in [5, 5.41) is 2.83. The van der Waals surface area contributed by atoms with Gasteiger partial charge in [-0.1, -0.05) is 12.2 Å². The summed E-state index contributed by atoms with van der Waals surface area (Å²) < 4.78 is 1.67. The first-order chi connectivity index (χ1) is 7.43. The van der Waals surface area contributed by atoms with Crippen molar-refractivity contribution in [1.29, 1.82) is 0 Å². The van der Waals surface area contributed by atoms with E-state index in [9.17, 15) is 4.79 Å². The van der Waals surface area contributed by atoms with Gasteiger partial charge < -0.3 is 15.6 Å². The summed E-state index contributed by atoms with van der Waals surface area (Å²) in [6.45, 7) is 5.60. The van der Waals surface area contributed by atoms with E-state index in [0.29, 0.717) is 5.82 Å². The zero-order chi connectivity index (χ0) is 12.3. The Labute approximate surface area is 100 Å². The highest BCUT2D eigenvalue weighted by molar-refractivity contribution is 7.80. The Bertz CT molecular complexity index is 399. The van der Waals surface area contributed by atoms with Crippen LogP contribution in [0, 0.1) is 0 Å². The predicted molar refractivity (Wildman–Crippen MR) is 66.1 cm³/mol. The van der Waals surface area contributed by atoms with Gasteiger partial charge in [-0.2, -0.15) is 0 Å². The van der Waals surface area contributed by atoms with Gasteiger partial charge in [0.2, 0.25) is 5.91 Å². The van der Waals surface area contributed by atoms with Crippen LogP contribution in [0.2, 0.25) is 0 Å². The van der Waals surface area contributed by atoms with Crippen molar-refractivity contribution in [1.82, 2.24) is 14.9 Å². The summed E-state index contributed by atoms with van der Waals surface area (Å²) in [4.78, 5) is 16.0. The molecule has 0 fully saturated rings. The Balaban J connectivity index is 2.87. The fourth-order valence-corrected chi connectivity index (χ4v) is 1.51. The van der Waals surface area contributed by atoms with Gasteiger partial charge in [0.25, 0.3) is 0 Å². The lowest BCUT2D eigenvalue weighted by Gasteiger charge is -2.17. The van der Waals surface area contributed by atoms with Crippen LogP contribution in [0.3, 0.4) is 0 Å². The minimum atomic E-state index is -0.374. The number of carbonyl (C=O) groups is 1. The summed E-state index contributed by atoms with van der Waals surface area (Å²) in [7, 11) is 0. The first kappa shape index (κ1) is 12.6. The standard InChI is InChI=1S/C10H16N4OS/c1-6(2)13-10(15)7(3)14-5-4-12-9(14)8(11)16/h4-7H,1-3H3,(H2,11,16)(H,13,15). The number of hydrogen-bond donors (Lipinski definition) is 2. The molecule has 6 heteroatoms. The van der Waals surface area contributed by atoms with Crippen LogP contribution >= 0.6 is 12.2 Å². The minimum Gasteiger partial charge on any atom is -0.387 e. The van der Waals surface area contributed by atoms with Crippen molar-refractivity contribution in [3.8, 4) is 0 Å². The number of imidazole rings is 1. The molecule has 1 amide bonds. The van der Waals surface area contributed by atoms with E-state index in [4.69, 9.17) is 18.0 Å². The van der Waals surface area contributed by atoms with E-state index in [2.05, 4.69) is 10.3 Å². The summed E-state index contributed by atoms with van der Waals surface area (Å²) in [6, 6.07) is -0.270. The van der Waals surface area contributed by atoms with Crippen LogP contribution in [0.1, 0.15) is 32.6 Å². The van der Waals surface area contributed by atoms with E-state index < -0.39 is 0 Å². The van der Waals surface area contributed by atoms with E-state index >= 15 is 0 Å². The summed E-state index contributed by atoms with van der Waals surface area (Å²) in [5.41, 5.74) is 5.51. The summed E-state index contributed by atoms with van der Waals surface area (Å²) in [6.07, 6.45) is 3.27. The SMILES string of the molecule is CC(C)NC(=O)C(C)n1ccnc1C(N)=S. The largest absolute Gasteiger partial charge is 0.387 e. The molecule has 1 atom stereocenters. The molecule has 0 aliphatic carbocycles. The molecule has 0 aliphatic rings. The molecule has 0 aliphatic heterocycles. The molecule has 1 unspecified atom stereocenters. The minimum absolute atomic E-state index is 0.0782. The maximum absolute atomic E-state index is 11.8. The maximum atomic E-state index is 11.8. The summed E-state index contributed by atoms with van der Waals surface area (Å²) >= 11 is 4.86. The molecule has 0 aromatic carbocycles. The fraction of sp³-hybridized carbons (Fsp3) is 0.500. The van der Waals surface area contributed by atoms with Gasteiger partial charge in [-0.3, -0.25) is 4.79 Å². The number of nitrogens with one attached hydrogen (secondary N) is 1. The van der Waals surface area contributed by atoms with Crippen molar-refractivity contribution in [2.75, 3.05) is 0 Å². The van der Waals surface area contributed by atoms with E-state index in [1.807, 2.05) is 13.8 Å². The van der Waals surface area contributed by atoms with Crippen LogP contribution in [0.25, 0.3) is 0 Å². The van der Waals surface area contributed by atoms with E-state index in [1.54, 1.807) is 23.9 Å². The van der Waals surface area contributed by atoms with Gasteiger partial charge >= 0.3 is 0 Å². The molecule has 0 saturated heterocycles. The van der Waals surface area contributed by atoms with Gasteiger partial charge in [0.1, 0.15) is 11.0 Å². The molecule has 16 heavy (non-hydrogen) atoms. The molecule has 1 aromatic rings. The van der Waals surface area contributed by atoms with Gasteiger partial charge in [-0.25, -0.2) is 4.98 Å². The Hall–Kier alpha value is -1.43. The number of nitrogens with two attached hydrogens (primary N) is 1. The van der Waals surface area contributed by atoms with Crippen molar-refractivity contribution >= 4 is 23.1 Å². The lowest BCUT2D eigenvalue weighted by molar-refractivity contribution is -0.124. The van der Waals surface area contributed by atoms with Gasteiger partial charge in [-0.15, -0.1) is 0 Å². The predicted octanol–water partition coefficient (Wildman–Crippen LogP) is 0.603.